The van der Waals surface area contributed by atoms with Crippen molar-refractivity contribution in [2.75, 3.05) is 20.8 Å². The predicted octanol–water partition coefficient (Wildman–Crippen LogP) is 2.63. The first-order chi connectivity index (χ1) is 13.0. The van der Waals surface area contributed by atoms with Crippen LogP contribution in [0, 0.1) is 0 Å². The maximum absolute atomic E-state index is 12.2. The van der Waals surface area contributed by atoms with Gasteiger partial charge in [0.1, 0.15) is 11.5 Å². The zero-order valence-electron chi connectivity index (χ0n) is 16.0. The second-order valence-electron chi connectivity index (χ2n) is 6.16. The third-order valence-electron chi connectivity index (χ3n) is 4.17. The molecule has 1 atom stereocenters. The number of carbonyl (C=O) groups excluding carboxylic acids is 2. The maximum Gasteiger partial charge on any atom is 0.224 e. The van der Waals surface area contributed by atoms with Gasteiger partial charge in [0.25, 0.3) is 0 Å². The van der Waals surface area contributed by atoms with Gasteiger partial charge in [0, 0.05) is 24.6 Å². The number of methoxy groups -OCH3 is 2. The molecule has 6 heteroatoms. The average Bonchev–Trinajstić information content (AvgIpc) is 2.68. The molecule has 27 heavy (non-hydrogen) atoms. The normalized spacial score (nSPS) is 11.4. The topological polar surface area (TPSA) is 76.7 Å². The van der Waals surface area contributed by atoms with Gasteiger partial charge >= 0.3 is 0 Å². The number of nitrogens with one attached hydrogen (secondary N) is 2. The summed E-state index contributed by atoms with van der Waals surface area (Å²) in [6.45, 7) is 2.18. The van der Waals surface area contributed by atoms with E-state index < -0.39 is 0 Å². The molecule has 2 N–H and O–H groups in total. The van der Waals surface area contributed by atoms with E-state index in [0.717, 1.165) is 11.1 Å². The first-order valence-corrected chi connectivity index (χ1v) is 8.85. The van der Waals surface area contributed by atoms with E-state index in [0.29, 0.717) is 24.5 Å². The Morgan fingerprint density at radius 3 is 2.41 bits per heavy atom. The molecule has 144 valence electrons. The number of hydrogen-bond acceptors (Lipinski definition) is 4. The van der Waals surface area contributed by atoms with E-state index in [4.69, 9.17) is 9.47 Å². The lowest BCUT2D eigenvalue weighted by atomic mass is 10.1. The highest BCUT2D eigenvalue weighted by Crippen LogP contribution is 2.29. The monoisotopic (exact) mass is 370 g/mol. The number of hydrogen-bond donors (Lipinski definition) is 2. The van der Waals surface area contributed by atoms with Crippen LogP contribution in [-0.4, -0.2) is 32.6 Å². The molecule has 2 amide bonds. The van der Waals surface area contributed by atoms with E-state index in [1.165, 1.54) is 0 Å². The molecule has 0 aliphatic heterocycles. The van der Waals surface area contributed by atoms with Gasteiger partial charge in [0.2, 0.25) is 11.8 Å². The summed E-state index contributed by atoms with van der Waals surface area (Å²) < 4.78 is 10.6. The molecule has 0 heterocycles. The lowest BCUT2D eigenvalue weighted by Gasteiger charge is -2.18. The van der Waals surface area contributed by atoms with Crippen LogP contribution in [0.3, 0.4) is 0 Å². The van der Waals surface area contributed by atoms with Gasteiger partial charge in [-0.3, -0.25) is 9.59 Å². The Balaban J connectivity index is 1.79. The first-order valence-electron chi connectivity index (χ1n) is 8.85. The van der Waals surface area contributed by atoms with Crippen molar-refractivity contribution in [3.63, 3.8) is 0 Å². The molecule has 2 aromatic rings. The molecule has 0 radical (unpaired) electrons. The van der Waals surface area contributed by atoms with Crippen molar-refractivity contribution in [2.45, 2.75) is 25.8 Å². The summed E-state index contributed by atoms with van der Waals surface area (Å²) >= 11 is 0. The van der Waals surface area contributed by atoms with E-state index in [2.05, 4.69) is 10.6 Å². The fourth-order valence-electron chi connectivity index (χ4n) is 2.73. The number of ether oxygens (including phenoxy) is 2. The summed E-state index contributed by atoms with van der Waals surface area (Å²) in [7, 11) is 3.17. The summed E-state index contributed by atoms with van der Waals surface area (Å²) in [4.78, 5) is 24.1. The van der Waals surface area contributed by atoms with Crippen LogP contribution in [0.25, 0.3) is 0 Å². The highest BCUT2D eigenvalue weighted by molar-refractivity contribution is 5.80. The van der Waals surface area contributed by atoms with Crippen LogP contribution < -0.4 is 20.1 Å². The van der Waals surface area contributed by atoms with Gasteiger partial charge in [-0.2, -0.15) is 0 Å². The molecule has 0 aliphatic carbocycles. The van der Waals surface area contributed by atoms with Crippen molar-refractivity contribution in [1.82, 2.24) is 10.6 Å². The first kappa shape index (κ1) is 20.3. The molecule has 0 bridgehead atoms. The molecule has 0 saturated carbocycles. The zero-order valence-corrected chi connectivity index (χ0v) is 16.0. The standard InChI is InChI=1S/C21H26N2O4/c1-15(18-10-9-17(26-2)14-19(18)27-3)23-20(24)11-12-22-21(25)13-16-7-5-4-6-8-16/h4-10,14-15H,11-13H2,1-3H3,(H,22,25)(H,23,24). The van der Waals surface area contributed by atoms with Crippen LogP contribution in [0.4, 0.5) is 0 Å². The minimum atomic E-state index is -0.224. The van der Waals surface area contributed by atoms with Crippen molar-refractivity contribution in [1.29, 1.82) is 0 Å². The average molecular weight is 370 g/mol. The van der Waals surface area contributed by atoms with E-state index in [-0.39, 0.29) is 24.3 Å². The van der Waals surface area contributed by atoms with Crippen LogP contribution in [-0.2, 0) is 16.0 Å². The Kier molecular flexibility index (Phi) is 7.67. The van der Waals surface area contributed by atoms with Crippen LogP contribution in [0.15, 0.2) is 48.5 Å². The van der Waals surface area contributed by atoms with Crippen LogP contribution >= 0.6 is 0 Å². The molecule has 1 unspecified atom stereocenters. The smallest absolute Gasteiger partial charge is 0.224 e. The van der Waals surface area contributed by atoms with Gasteiger partial charge < -0.3 is 20.1 Å². The largest absolute Gasteiger partial charge is 0.497 e. The number of rotatable bonds is 9. The van der Waals surface area contributed by atoms with Crippen molar-refractivity contribution in [3.8, 4) is 11.5 Å². The van der Waals surface area contributed by atoms with E-state index in [1.54, 1.807) is 20.3 Å². The summed E-state index contributed by atoms with van der Waals surface area (Å²) in [6, 6.07) is 14.7. The molecule has 2 aromatic carbocycles. The minimum Gasteiger partial charge on any atom is -0.497 e. The Morgan fingerprint density at radius 2 is 1.74 bits per heavy atom. The predicted molar refractivity (Wildman–Crippen MR) is 104 cm³/mol. The molecule has 0 aliphatic rings. The Morgan fingerprint density at radius 1 is 1.00 bits per heavy atom. The third kappa shape index (κ3) is 6.33. The SMILES string of the molecule is COc1ccc(C(C)NC(=O)CCNC(=O)Cc2ccccc2)c(OC)c1. The fraction of sp³-hybridized carbons (Fsp3) is 0.333. The molecule has 0 saturated heterocycles. The van der Waals surface area contributed by atoms with Crippen LogP contribution in [0.1, 0.15) is 30.5 Å². The second-order valence-corrected chi connectivity index (χ2v) is 6.16. The molecule has 6 nitrogen and oxygen atoms in total. The van der Waals surface area contributed by atoms with Gasteiger partial charge in [-0.1, -0.05) is 30.3 Å². The quantitative estimate of drug-likeness (QED) is 0.711. The number of carbonyl (C=O) groups is 2. The van der Waals surface area contributed by atoms with E-state index in [9.17, 15) is 9.59 Å². The Labute approximate surface area is 159 Å². The van der Waals surface area contributed by atoms with Crippen LogP contribution in [0.5, 0.6) is 11.5 Å². The molecular weight excluding hydrogens is 344 g/mol. The molecule has 2 rings (SSSR count). The Hall–Kier alpha value is -3.02. The lowest BCUT2D eigenvalue weighted by molar-refractivity contribution is -0.122. The highest BCUT2D eigenvalue weighted by atomic mass is 16.5. The second kappa shape index (κ2) is 10.2. The summed E-state index contributed by atoms with van der Waals surface area (Å²) in [5.74, 6) is 1.10. The molecular formula is C21H26N2O4. The zero-order chi connectivity index (χ0) is 19.6. The van der Waals surface area contributed by atoms with Gasteiger partial charge in [-0.25, -0.2) is 0 Å². The highest BCUT2D eigenvalue weighted by Gasteiger charge is 2.15. The van der Waals surface area contributed by atoms with E-state index in [1.807, 2.05) is 49.4 Å². The van der Waals surface area contributed by atoms with Gasteiger partial charge in [0.05, 0.1) is 26.7 Å². The van der Waals surface area contributed by atoms with Gasteiger partial charge in [0.15, 0.2) is 0 Å². The molecule has 0 spiro atoms. The van der Waals surface area contributed by atoms with Crippen molar-refractivity contribution in [2.24, 2.45) is 0 Å². The van der Waals surface area contributed by atoms with Crippen molar-refractivity contribution in [3.05, 3.63) is 59.7 Å². The molecule has 0 aromatic heterocycles. The summed E-state index contributed by atoms with van der Waals surface area (Å²) in [5.41, 5.74) is 1.81. The number of benzene rings is 2. The number of amides is 2. The van der Waals surface area contributed by atoms with Gasteiger partial charge in [-0.05, 0) is 24.6 Å². The van der Waals surface area contributed by atoms with Crippen molar-refractivity contribution >= 4 is 11.8 Å². The summed E-state index contributed by atoms with van der Waals surface area (Å²) in [5, 5.41) is 5.69. The third-order valence-corrected chi connectivity index (χ3v) is 4.17. The van der Waals surface area contributed by atoms with Gasteiger partial charge in [-0.15, -0.1) is 0 Å². The fourth-order valence-corrected chi connectivity index (χ4v) is 2.73. The molecule has 0 fully saturated rings. The lowest BCUT2D eigenvalue weighted by Crippen LogP contribution is -2.32. The van der Waals surface area contributed by atoms with E-state index >= 15 is 0 Å². The Bertz CT molecular complexity index is 762. The van der Waals surface area contributed by atoms with Crippen molar-refractivity contribution < 1.29 is 19.1 Å². The summed E-state index contributed by atoms with van der Waals surface area (Å²) in [6.07, 6.45) is 0.519. The minimum absolute atomic E-state index is 0.0983. The maximum atomic E-state index is 12.2. The van der Waals surface area contributed by atoms with Crippen LogP contribution in [0.2, 0.25) is 0 Å².